The molecule has 0 spiro atoms. The molecule has 0 saturated heterocycles. The largest absolute Gasteiger partial charge is 0.465 e. The van der Waals surface area contributed by atoms with E-state index in [9.17, 15) is 0 Å². The van der Waals surface area contributed by atoms with Crippen molar-refractivity contribution in [1.29, 1.82) is 0 Å². The van der Waals surface area contributed by atoms with Crippen LogP contribution in [0.25, 0.3) is 44.2 Å². The van der Waals surface area contributed by atoms with Gasteiger partial charge in [0.1, 0.15) is 13.7 Å². The molecule has 0 amide bonds. The summed E-state index contributed by atoms with van der Waals surface area (Å²) in [6, 6.07) is 62.2. The normalized spacial score (nSPS) is 15.2. The number of anilines is 5. The maximum atomic E-state index is 6.95. The Morgan fingerprint density at radius 1 is 0.500 bits per heavy atom. The van der Waals surface area contributed by atoms with Gasteiger partial charge in [-0.25, -0.2) is 0 Å². The minimum Gasteiger partial charge on any atom is -0.465 e. The molecule has 0 N–H and O–H groups in total. The third-order valence-corrected chi connectivity index (χ3v) is 15.5. The summed E-state index contributed by atoms with van der Waals surface area (Å²) >= 11 is 0. The van der Waals surface area contributed by atoms with Gasteiger partial charge in [-0.2, -0.15) is 0 Å². The van der Waals surface area contributed by atoms with Crippen LogP contribution < -0.4 is 26.1 Å². The van der Waals surface area contributed by atoms with Crippen LogP contribution in [0.5, 0.6) is 0 Å². The van der Waals surface area contributed by atoms with Gasteiger partial charge in [0.25, 0.3) is 0 Å². The second-order valence-electron chi connectivity index (χ2n) is 15.3. The van der Waals surface area contributed by atoms with Crippen molar-refractivity contribution in [3.63, 3.8) is 0 Å². The maximum absolute atomic E-state index is 6.95. The van der Waals surface area contributed by atoms with Gasteiger partial charge in [0.15, 0.2) is 0 Å². The zero-order valence-corrected chi connectivity index (χ0v) is 31.0. The Kier molecular flexibility index (Phi) is 5.99. The van der Waals surface area contributed by atoms with E-state index in [1.54, 1.807) is 0 Å². The predicted octanol–water partition coefficient (Wildman–Crippen LogP) is 10.5. The summed E-state index contributed by atoms with van der Waals surface area (Å²) in [6.45, 7) is 5.07. The van der Waals surface area contributed by atoms with Crippen molar-refractivity contribution in [2.75, 3.05) is 9.80 Å². The summed E-state index contributed by atoms with van der Waals surface area (Å²) in [5, 5.41) is 6.43. The molecule has 12 rings (SSSR count). The Morgan fingerprint density at radius 3 is 1.76 bits per heavy atom. The summed E-state index contributed by atoms with van der Waals surface area (Å²) < 4.78 is 9.39. The van der Waals surface area contributed by atoms with Crippen LogP contribution in [0, 0.1) is 0 Å². The Balaban J connectivity index is 1.20. The number of nitrogens with zero attached hydrogens (tertiary/aromatic N) is 3. The van der Waals surface area contributed by atoms with Gasteiger partial charge in [-0.1, -0.05) is 121 Å². The van der Waals surface area contributed by atoms with Crippen LogP contribution in [0.15, 0.2) is 179 Å². The average molecular weight is 708 g/mol. The van der Waals surface area contributed by atoms with Gasteiger partial charge in [0.2, 0.25) is 6.71 Å². The van der Waals surface area contributed by atoms with E-state index in [0.717, 1.165) is 17.0 Å². The number of hydrogen-bond acceptors (Lipinski definition) is 3. The molecule has 0 atom stereocenters. The van der Waals surface area contributed by atoms with Crippen molar-refractivity contribution in [3.8, 4) is 5.69 Å². The van der Waals surface area contributed by atoms with Crippen molar-refractivity contribution in [2.45, 2.75) is 13.1 Å². The minimum atomic E-state index is -2.38. The van der Waals surface area contributed by atoms with E-state index in [2.05, 4.69) is 197 Å². The van der Waals surface area contributed by atoms with Crippen molar-refractivity contribution in [2.24, 2.45) is 0 Å². The molecule has 54 heavy (non-hydrogen) atoms. The second-order valence-corrected chi connectivity index (χ2v) is 19.5. The molecule has 5 heterocycles. The minimum absolute atomic E-state index is 0.0661. The molecule has 0 radical (unpaired) electrons. The number of fused-ring (bicyclic) bond motifs is 10. The van der Waals surface area contributed by atoms with Crippen LogP contribution in [-0.4, -0.2) is 19.4 Å². The fourth-order valence-corrected chi connectivity index (χ4v) is 13.3. The molecular formula is C48H34BN3OSi. The highest BCUT2D eigenvalue weighted by molar-refractivity contribution is 7.16. The molecule has 3 aliphatic heterocycles. The first-order chi connectivity index (χ1) is 26.6. The van der Waals surface area contributed by atoms with Gasteiger partial charge in [0, 0.05) is 61.5 Å². The fourth-order valence-electron chi connectivity index (χ4n) is 9.95. The number of benzene rings is 7. The van der Waals surface area contributed by atoms with Gasteiger partial charge in [-0.05, 0) is 77.7 Å². The monoisotopic (exact) mass is 707 g/mol. The van der Waals surface area contributed by atoms with Gasteiger partial charge in [-0.15, -0.1) is 0 Å². The fraction of sp³-hybridized carbons (Fsp3) is 0.0417. The lowest BCUT2D eigenvalue weighted by Gasteiger charge is -2.45. The molecule has 7 aromatic carbocycles. The Morgan fingerprint density at radius 2 is 1.07 bits per heavy atom. The van der Waals surface area contributed by atoms with E-state index in [0.29, 0.717) is 0 Å². The van der Waals surface area contributed by atoms with Crippen molar-refractivity contribution in [3.05, 3.63) is 181 Å². The van der Waals surface area contributed by atoms with E-state index >= 15 is 0 Å². The van der Waals surface area contributed by atoms with Crippen LogP contribution in [-0.2, 0) is 0 Å². The number of rotatable bonds is 3. The third-order valence-electron chi connectivity index (χ3n) is 12.1. The second kappa shape index (κ2) is 10.8. The highest BCUT2D eigenvalue weighted by atomic mass is 28.3. The Labute approximate surface area is 314 Å². The smallest absolute Gasteiger partial charge is 0.244 e. The van der Waals surface area contributed by atoms with Crippen LogP contribution in [0.4, 0.5) is 28.4 Å². The van der Waals surface area contributed by atoms with Crippen LogP contribution in [0.2, 0.25) is 13.1 Å². The van der Waals surface area contributed by atoms with Crippen molar-refractivity contribution < 1.29 is 4.42 Å². The number of para-hydroxylation sites is 5. The van der Waals surface area contributed by atoms with Crippen LogP contribution >= 0.6 is 0 Å². The zero-order chi connectivity index (χ0) is 35.7. The van der Waals surface area contributed by atoms with Gasteiger partial charge in [0.05, 0.1) is 16.4 Å². The van der Waals surface area contributed by atoms with E-state index in [1.807, 2.05) is 0 Å². The van der Waals surface area contributed by atoms with E-state index < -0.39 is 8.07 Å². The summed E-state index contributed by atoms with van der Waals surface area (Å²) in [7, 11) is -2.38. The molecule has 0 saturated carbocycles. The standard InChI is InChI=1S/C48H34BN3OSi/c1-54(2)47-46(44-36-22-11-14-27-43(36)53-48(44)54)52(32-18-7-4-8-19-32)41-26-15-25-40-45(41)49(47)37-29-28-33(30-42(37)50(40)31-16-5-3-6-17-31)51-38-23-12-9-20-34(38)35-21-10-13-24-39(35)51/h3-30H,1-2H3. The number of aromatic nitrogens is 1. The quantitative estimate of drug-likeness (QED) is 0.171. The molecule has 0 unspecified atom stereocenters. The molecule has 2 aromatic heterocycles. The van der Waals surface area contributed by atoms with Crippen molar-refractivity contribution >= 4 is 98.0 Å². The van der Waals surface area contributed by atoms with E-state index in [4.69, 9.17) is 4.42 Å². The van der Waals surface area contributed by atoms with E-state index in [1.165, 1.54) is 82.6 Å². The summed E-state index contributed by atoms with van der Waals surface area (Å²) in [5.41, 5.74) is 15.8. The Bertz CT molecular complexity index is 3000. The van der Waals surface area contributed by atoms with Crippen LogP contribution in [0.1, 0.15) is 5.56 Å². The lowest BCUT2D eigenvalue weighted by atomic mass is 9.36. The molecule has 9 aromatic rings. The molecule has 0 aliphatic carbocycles. The topological polar surface area (TPSA) is 24.6 Å². The Hall–Kier alpha value is -6.50. The summed E-state index contributed by atoms with van der Waals surface area (Å²) in [5.74, 6) is 0. The first-order valence-electron chi connectivity index (χ1n) is 18.8. The third kappa shape index (κ3) is 3.82. The van der Waals surface area contributed by atoms with Crippen LogP contribution in [0.3, 0.4) is 0 Å². The molecular weight excluding hydrogens is 673 g/mol. The summed E-state index contributed by atoms with van der Waals surface area (Å²) in [6.07, 6.45) is 0. The lowest BCUT2D eigenvalue weighted by Crippen LogP contribution is -2.60. The number of hydrogen-bond donors (Lipinski definition) is 0. The van der Waals surface area contributed by atoms with Gasteiger partial charge in [-0.3, -0.25) is 0 Å². The van der Waals surface area contributed by atoms with Gasteiger partial charge < -0.3 is 18.8 Å². The molecule has 3 aliphatic rings. The molecule has 6 heteroatoms. The molecule has 254 valence electrons. The van der Waals surface area contributed by atoms with Gasteiger partial charge >= 0.3 is 0 Å². The van der Waals surface area contributed by atoms with E-state index in [-0.39, 0.29) is 6.71 Å². The highest BCUT2D eigenvalue weighted by Crippen LogP contribution is 2.52. The predicted molar refractivity (Wildman–Crippen MR) is 229 cm³/mol. The first kappa shape index (κ1) is 30.0. The van der Waals surface area contributed by atoms with Crippen molar-refractivity contribution in [1.82, 2.24) is 4.57 Å². The maximum Gasteiger partial charge on any atom is 0.244 e. The number of furan rings is 1. The SMILES string of the molecule is C[Si]1(C)C2=C(c3c1oc1ccccc31)N(c1ccccc1)c1cccc3c1B2c1ccc(-n2c4ccccc4c4ccccc42)cc1N3c1ccccc1. The molecule has 0 bridgehead atoms. The summed E-state index contributed by atoms with van der Waals surface area (Å²) in [4.78, 5) is 5.06. The highest BCUT2D eigenvalue weighted by Gasteiger charge is 2.56. The molecule has 0 fully saturated rings. The first-order valence-corrected chi connectivity index (χ1v) is 21.8. The average Bonchev–Trinajstić information content (AvgIpc) is 3.85. The molecule has 4 nitrogen and oxygen atoms in total. The lowest BCUT2D eigenvalue weighted by molar-refractivity contribution is 0.648. The zero-order valence-electron chi connectivity index (χ0n) is 30.0.